The predicted molar refractivity (Wildman–Crippen MR) is 111 cm³/mol. The molecule has 2 rings (SSSR count). The molecule has 0 saturated carbocycles. The maximum Gasteiger partial charge on any atom is 0.284 e. The maximum absolute atomic E-state index is 10.7. The van der Waals surface area contributed by atoms with Crippen molar-refractivity contribution < 1.29 is 32.9 Å². The number of benzene rings is 1. The molecule has 0 aliphatic rings. The number of ether oxygens (including phenoxy) is 5. The van der Waals surface area contributed by atoms with Crippen molar-refractivity contribution in [1.82, 2.24) is 10.2 Å². The molecule has 0 saturated heterocycles. The highest BCUT2D eigenvalue weighted by molar-refractivity contribution is 7.71. The van der Waals surface area contributed by atoms with Crippen LogP contribution in [0.1, 0.15) is 13.3 Å². The van der Waals surface area contributed by atoms with Crippen LogP contribution in [0.15, 0.2) is 28.7 Å². The molecule has 0 aliphatic carbocycles. The molecule has 0 spiro atoms. The zero-order valence-electron chi connectivity index (χ0n) is 17.1. The van der Waals surface area contributed by atoms with Crippen LogP contribution in [-0.2, 0) is 23.7 Å². The third kappa shape index (κ3) is 10.6. The first-order valence-electron chi connectivity index (χ1n) is 9.74. The van der Waals surface area contributed by atoms with E-state index in [1.54, 1.807) is 6.92 Å². The van der Waals surface area contributed by atoms with Crippen LogP contribution in [0.4, 0.5) is 0 Å². The Morgan fingerprint density at radius 3 is 1.93 bits per heavy atom. The van der Waals surface area contributed by atoms with Crippen molar-refractivity contribution in [3.63, 3.8) is 0 Å². The summed E-state index contributed by atoms with van der Waals surface area (Å²) in [6.07, 6.45) is 0.444. The lowest BCUT2D eigenvalue weighted by Gasteiger charge is -2.08. The fraction of sp³-hybridized carbons (Fsp3) is 0.550. The molecule has 2 aromatic rings. The smallest absolute Gasteiger partial charge is 0.284 e. The van der Waals surface area contributed by atoms with Gasteiger partial charge in [-0.05, 0) is 43.4 Å². The van der Waals surface area contributed by atoms with Gasteiger partial charge in [0, 0.05) is 12.0 Å². The van der Waals surface area contributed by atoms with E-state index in [4.69, 9.17) is 40.3 Å². The van der Waals surface area contributed by atoms with Gasteiger partial charge in [0.2, 0.25) is 5.89 Å². The SMILES string of the molecule is CC(=O)CCOCCOCCOCCOCCOc1ccc(-c2n[nH]c(=S)o2)cc1. The molecule has 10 heteroatoms. The van der Waals surface area contributed by atoms with E-state index >= 15 is 0 Å². The Labute approximate surface area is 180 Å². The van der Waals surface area contributed by atoms with Crippen molar-refractivity contribution in [1.29, 1.82) is 0 Å². The zero-order chi connectivity index (χ0) is 21.4. The largest absolute Gasteiger partial charge is 0.491 e. The first-order chi connectivity index (χ1) is 14.6. The van der Waals surface area contributed by atoms with Crippen LogP contribution in [0.3, 0.4) is 0 Å². The first-order valence-corrected chi connectivity index (χ1v) is 10.1. The fourth-order valence-corrected chi connectivity index (χ4v) is 2.37. The average Bonchev–Trinajstić information content (AvgIpc) is 3.17. The molecule has 1 heterocycles. The second-order valence-electron chi connectivity index (χ2n) is 6.19. The second-order valence-corrected chi connectivity index (χ2v) is 6.56. The number of carbonyl (C=O) groups is 1. The van der Waals surface area contributed by atoms with Crippen molar-refractivity contribution in [3.8, 4) is 17.2 Å². The van der Waals surface area contributed by atoms with Crippen LogP contribution >= 0.6 is 12.2 Å². The van der Waals surface area contributed by atoms with E-state index in [0.717, 1.165) is 11.3 Å². The first kappa shape index (κ1) is 24.2. The van der Waals surface area contributed by atoms with Gasteiger partial charge in [-0.2, -0.15) is 0 Å². The highest BCUT2D eigenvalue weighted by Gasteiger charge is 2.04. The summed E-state index contributed by atoms with van der Waals surface area (Å²) in [5.74, 6) is 1.30. The van der Waals surface area contributed by atoms with Crippen LogP contribution in [0, 0.1) is 4.84 Å². The number of carbonyl (C=O) groups excluding carboxylic acids is 1. The number of aromatic amines is 1. The molecule has 0 aliphatic heterocycles. The summed E-state index contributed by atoms with van der Waals surface area (Å²) < 4.78 is 32.4. The van der Waals surface area contributed by atoms with Gasteiger partial charge in [-0.25, -0.2) is 5.10 Å². The molecule has 0 bridgehead atoms. The van der Waals surface area contributed by atoms with Crippen LogP contribution in [0.5, 0.6) is 5.75 Å². The lowest BCUT2D eigenvalue weighted by atomic mass is 10.2. The van der Waals surface area contributed by atoms with E-state index in [2.05, 4.69) is 10.2 Å². The lowest BCUT2D eigenvalue weighted by Crippen LogP contribution is -2.14. The Hall–Kier alpha value is -2.11. The van der Waals surface area contributed by atoms with Crippen LogP contribution in [0.2, 0.25) is 0 Å². The minimum absolute atomic E-state index is 0.126. The molecular weight excluding hydrogens is 412 g/mol. The Morgan fingerprint density at radius 2 is 1.43 bits per heavy atom. The van der Waals surface area contributed by atoms with Crippen LogP contribution in [-0.4, -0.2) is 75.4 Å². The molecular formula is C20H28N2O7S. The maximum atomic E-state index is 10.7. The Balaban J connectivity index is 1.38. The summed E-state index contributed by atoms with van der Waals surface area (Å²) >= 11 is 4.86. The third-order valence-corrected chi connectivity index (χ3v) is 3.92. The molecule has 1 N–H and O–H groups in total. The van der Waals surface area contributed by atoms with Gasteiger partial charge in [0.05, 0.1) is 52.9 Å². The van der Waals surface area contributed by atoms with Crippen molar-refractivity contribution in [2.24, 2.45) is 0 Å². The summed E-state index contributed by atoms with van der Waals surface area (Å²) in [7, 11) is 0. The van der Waals surface area contributed by atoms with Crippen LogP contribution in [0.25, 0.3) is 11.5 Å². The van der Waals surface area contributed by atoms with E-state index in [1.165, 1.54) is 0 Å². The Morgan fingerprint density at radius 1 is 0.900 bits per heavy atom. The van der Waals surface area contributed by atoms with Gasteiger partial charge in [0.25, 0.3) is 4.84 Å². The molecule has 0 fully saturated rings. The number of ketones is 1. The van der Waals surface area contributed by atoms with Gasteiger partial charge in [-0.15, -0.1) is 5.10 Å². The van der Waals surface area contributed by atoms with Crippen molar-refractivity contribution in [2.75, 3.05) is 59.5 Å². The lowest BCUT2D eigenvalue weighted by molar-refractivity contribution is -0.118. The molecule has 166 valence electrons. The summed E-state index contributed by atoms with van der Waals surface area (Å²) in [6.45, 7) is 5.83. The molecule has 0 amide bonds. The third-order valence-electron chi connectivity index (χ3n) is 3.75. The minimum Gasteiger partial charge on any atom is -0.491 e. The van der Waals surface area contributed by atoms with E-state index in [-0.39, 0.29) is 10.6 Å². The second kappa shape index (κ2) is 14.8. The van der Waals surface area contributed by atoms with E-state index in [9.17, 15) is 4.79 Å². The topological polar surface area (TPSA) is 105 Å². The fourth-order valence-electron chi connectivity index (χ4n) is 2.24. The predicted octanol–water partition coefficient (Wildman–Crippen LogP) is 2.82. The highest BCUT2D eigenvalue weighted by atomic mass is 32.1. The van der Waals surface area contributed by atoms with E-state index < -0.39 is 0 Å². The molecule has 30 heavy (non-hydrogen) atoms. The quantitative estimate of drug-likeness (QED) is 0.294. The number of nitrogens with one attached hydrogen (secondary N) is 1. The van der Waals surface area contributed by atoms with Gasteiger partial charge >= 0.3 is 0 Å². The Kier molecular flexibility index (Phi) is 11.9. The molecule has 1 aromatic carbocycles. The van der Waals surface area contributed by atoms with Gasteiger partial charge in [-0.3, -0.25) is 4.79 Å². The van der Waals surface area contributed by atoms with Crippen molar-refractivity contribution >= 4 is 18.0 Å². The number of rotatable bonds is 17. The van der Waals surface area contributed by atoms with Crippen LogP contribution < -0.4 is 4.74 Å². The van der Waals surface area contributed by atoms with Gasteiger partial charge in [-0.1, -0.05) is 0 Å². The Bertz CT molecular complexity index is 776. The highest BCUT2D eigenvalue weighted by Crippen LogP contribution is 2.20. The molecule has 1 aromatic heterocycles. The average molecular weight is 441 g/mol. The summed E-state index contributed by atoms with van der Waals surface area (Å²) in [4.78, 5) is 11.0. The zero-order valence-corrected chi connectivity index (χ0v) is 17.9. The normalized spacial score (nSPS) is 11.0. The minimum atomic E-state index is 0.126. The number of H-pyrrole nitrogens is 1. The van der Waals surface area contributed by atoms with Gasteiger partial charge < -0.3 is 28.1 Å². The number of Topliss-reactive ketones (excluding diaryl/α,β-unsaturated/α-hetero) is 1. The van der Waals surface area contributed by atoms with Gasteiger partial charge in [0.15, 0.2) is 0 Å². The number of hydrogen-bond donors (Lipinski definition) is 1. The van der Waals surface area contributed by atoms with Gasteiger partial charge in [0.1, 0.15) is 18.1 Å². The standard InChI is InChI=1S/C20H28N2O7S/c1-16(23)6-7-24-8-9-25-10-11-26-12-13-27-14-15-28-18-4-2-17(3-5-18)19-21-22-20(30)29-19/h2-5H,6-15H2,1H3,(H,22,30). The molecule has 0 radical (unpaired) electrons. The van der Waals surface area contributed by atoms with E-state index in [0.29, 0.717) is 71.8 Å². The molecule has 0 unspecified atom stereocenters. The summed E-state index contributed by atoms with van der Waals surface area (Å²) in [6, 6.07) is 7.36. The number of nitrogens with zero attached hydrogens (tertiary/aromatic N) is 1. The molecule has 9 nitrogen and oxygen atoms in total. The van der Waals surface area contributed by atoms with E-state index in [1.807, 2.05) is 24.3 Å². The monoisotopic (exact) mass is 440 g/mol. The number of aromatic nitrogens is 2. The van der Waals surface area contributed by atoms with Crippen molar-refractivity contribution in [3.05, 3.63) is 29.1 Å². The number of hydrogen-bond acceptors (Lipinski definition) is 9. The summed E-state index contributed by atoms with van der Waals surface area (Å²) in [5.41, 5.74) is 0.813. The molecule has 0 atom stereocenters. The van der Waals surface area contributed by atoms with Crippen molar-refractivity contribution in [2.45, 2.75) is 13.3 Å². The summed E-state index contributed by atoms with van der Waals surface area (Å²) in [5, 5.41) is 6.56.